The van der Waals surface area contributed by atoms with Crippen molar-refractivity contribution in [1.29, 1.82) is 0 Å². The van der Waals surface area contributed by atoms with Crippen LogP contribution in [0.25, 0.3) is 0 Å². The van der Waals surface area contributed by atoms with Crippen molar-refractivity contribution in [1.82, 2.24) is 0 Å². The van der Waals surface area contributed by atoms with E-state index in [2.05, 4.69) is 0 Å². The highest BCUT2D eigenvalue weighted by atomic mass is 16.5. The smallest absolute Gasteiger partial charge is 0.169 e. The maximum Gasteiger partial charge on any atom is 0.169 e. The zero-order chi connectivity index (χ0) is 21.8. The molecule has 0 spiro atoms. The van der Waals surface area contributed by atoms with E-state index in [1.165, 1.54) is 0 Å². The second-order valence-electron chi connectivity index (χ2n) is 7.32. The largest absolute Gasteiger partial charge is 0.497 e. The molecular weight excluding hydrogens is 384 g/mol. The molecule has 0 aliphatic carbocycles. The van der Waals surface area contributed by atoms with E-state index in [9.17, 15) is 9.90 Å². The van der Waals surface area contributed by atoms with Crippen molar-refractivity contribution < 1.29 is 29.2 Å². The Bertz CT molecular complexity index is 731. The second kappa shape index (κ2) is 13.1. The second-order valence-corrected chi connectivity index (χ2v) is 7.32. The predicted molar refractivity (Wildman–Crippen MR) is 114 cm³/mol. The summed E-state index contributed by atoms with van der Waals surface area (Å²) in [5, 5.41) is 19.5. The van der Waals surface area contributed by atoms with Crippen LogP contribution < -0.4 is 4.74 Å². The number of ketones is 1. The first-order chi connectivity index (χ1) is 14.5. The molecule has 0 heterocycles. The van der Waals surface area contributed by atoms with Gasteiger partial charge in [-0.25, -0.2) is 0 Å². The molecule has 0 fully saturated rings. The third-order valence-corrected chi connectivity index (χ3v) is 4.84. The van der Waals surface area contributed by atoms with Gasteiger partial charge in [-0.05, 0) is 36.1 Å². The fraction of sp³-hybridized carbons (Fsp3) is 0.458. The summed E-state index contributed by atoms with van der Waals surface area (Å²) in [7, 11) is 1.62. The zero-order valence-corrected chi connectivity index (χ0v) is 17.7. The van der Waals surface area contributed by atoms with Crippen molar-refractivity contribution in [3.05, 3.63) is 65.7 Å². The van der Waals surface area contributed by atoms with Crippen molar-refractivity contribution in [2.75, 3.05) is 20.3 Å². The summed E-state index contributed by atoms with van der Waals surface area (Å²) in [6, 6.07) is 17.1. The minimum absolute atomic E-state index is 0.0445. The number of Topliss-reactive ketones (excluding diaryl/α,β-unsaturated/α-hetero) is 1. The van der Waals surface area contributed by atoms with Crippen LogP contribution in [0.2, 0.25) is 0 Å². The molecule has 0 aliphatic heterocycles. The Hall–Kier alpha value is -2.25. The molecule has 0 bridgehead atoms. The molecular formula is C24H32O6. The minimum Gasteiger partial charge on any atom is -0.497 e. The van der Waals surface area contributed by atoms with Gasteiger partial charge in [-0.15, -0.1) is 0 Å². The molecule has 6 nitrogen and oxygen atoms in total. The number of hydrogen-bond donors (Lipinski definition) is 2. The molecule has 2 aromatic carbocycles. The minimum atomic E-state index is -0.975. The number of methoxy groups -OCH3 is 1. The number of carbonyl (C=O) groups is 1. The van der Waals surface area contributed by atoms with Crippen LogP contribution in [0, 0.1) is 5.92 Å². The molecule has 164 valence electrons. The summed E-state index contributed by atoms with van der Waals surface area (Å²) in [5.74, 6) is 0.136. The Balaban J connectivity index is 1.90. The summed E-state index contributed by atoms with van der Waals surface area (Å²) < 4.78 is 16.7. The van der Waals surface area contributed by atoms with E-state index in [4.69, 9.17) is 19.3 Å². The monoisotopic (exact) mass is 416 g/mol. The van der Waals surface area contributed by atoms with Crippen LogP contribution in [0.1, 0.15) is 30.9 Å². The van der Waals surface area contributed by atoms with Crippen LogP contribution in [0.5, 0.6) is 5.75 Å². The van der Waals surface area contributed by atoms with Gasteiger partial charge in [0.1, 0.15) is 11.9 Å². The van der Waals surface area contributed by atoms with Crippen molar-refractivity contribution >= 4 is 5.78 Å². The first-order valence-electron chi connectivity index (χ1n) is 10.2. The Morgan fingerprint density at radius 3 is 2.30 bits per heavy atom. The Morgan fingerprint density at radius 1 is 1.00 bits per heavy atom. The van der Waals surface area contributed by atoms with Crippen molar-refractivity contribution in [2.45, 2.75) is 45.2 Å². The van der Waals surface area contributed by atoms with Gasteiger partial charge in [0.25, 0.3) is 0 Å². The lowest BCUT2D eigenvalue weighted by Gasteiger charge is -2.25. The summed E-state index contributed by atoms with van der Waals surface area (Å²) in [6.07, 6.45) is -1.24. The van der Waals surface area contributed by atoms with Crippen LogP contribution in [-0.4, -0.2) is 48.5 Å². The zero-order valence-electron chi connectivity index (χ0n) is 17.7. The fourth-order valence-electron chi connectivity index (χ4n) is 3.03. The van der Waals surface area contributed by atoms with Gasteiger partial charge in [-0.1, -0.05) is 49.4 Å². The van der Waals surface area contributed by atoms with E-state index in [0.29, 0.717) is 19.4 Å². The predicted octanol–water partition coefficient (Wildman–Crippen LogP) is 3.14. The number of aliphatic hydroxyl groups is 2. The van der Waals surface area contributed by atoms with Gasteiger partial charge in [-0.3, -0.25) is 4.79 Å². The lowest BCUT2D eigenvalue weighted by atomic mass is 9.96. The van der Waals surface area contributed by atoms with Gasteiger partial charge in [-0.2, -0.15) is 0 Å². The number of hydrogen-bond acceptors (Lipinski definition) is 6. The lowest BCUT2D eigenvalue weighted by molar-refractivity contribution is -0.146. The molecule has 3 atom stereocenters. The molecule has 0 saturated heterocycles. The Morgan fingerprint density at radius 2 is 1.67 bits per heavy atom. The average molecular weight is 417 g/mol. The molecule has 0 saturated carbocycles. The van der Waals surface area contributed by atoms with E-state index in [1.54, 1.807) is 14.0 Å². The van der Waals surface area contributed by atoms with Crippen LogP contribution in [-0.2, 0) is 27.5 Å². The normalized spacial score (nSPS) is 14.1. The summed E-state index contributed by atoms with van der Waals surface area (Å²) in [5.41, 5.74) is 1.91. The Labute approximate surface area is 178 Å². The molecule has 30 heavy (non-hydrogen) atoms. The van der Waals surface area contributed by atoms with E-state index in [-0.39, 0.29) is 25.6 Å². The third-order valence-electron chi connectivity index (χ3n) is 4.84. The molecule has 0 radical (unpaired) electrons. The highest BCUT2D eigenvalue weighted by Crippen LogP contribution is 2.17. The van der Waals surface area contributed by atoms with Crippen LogP contribution in [0.3, 0.4) is 0 Å². The quantitative estimate of drug-likeness (QED) is 0.492. The lowest BCUT2D eigenvalue weighted by Crippen LogP contribution is -2.40. The number of rotatable bonds is 14. The highest BCUT2D eigenvalue weighted by Gasteiger charge is 2.31. The maximum absolute atomic E-state index is 13.0. The molecule has 6 heteroatoms. The molecule has 2 N–H and O–H groups in total. The average Bonchev–Trinajstić information content (AvgIpc) is 2.78. The fourth-order valence-corrected chi connectivity index (χ4v) is 3.03. The molecule has 0 aromatic heterocycles. The standard InChI is InChI=1S/C24H32O6/c1-18(15-29-16-20-10-12-21(28-2)13-11-20)23(27)24(22(26)9-6-14-25)30-17-19-7-4-3-5-8-19/h3-5,7-8,10-13,18,22,24-26H,6,9,14-17H2,1-2H3/t18-,22+,24+/m0/s1. The summed E-state index contributed by atoms with van der Waals surface area (Å²) in [4.78, 5) is 13.0. The summed E-state index contributed by atoms with van der Waals surface area (Å²) >= 11 is 0. The highest BCUT2D eigenvalue weighted by molar-refractivity contribution is 5.85. The van der Waals surface area contributed by atoms with Gasteiger partial charge in [0, 0.05) is 12.5 Å². The van der Waals surface area contributed by atoms with Gasteiger partial charge in [0.15, 0.2) is 5.78 Å². The van der Waals surface area contributed by atoms with Crippen LogP contribution in [0.15, 0.2) is 54.6 Å². The molecule has 2 aromatic rings. The number of carbonyl (C=O) groups excluding carboxylic acids is 1. The number of benzene rings is 2. The molecule has 0 amide bonds. The SMILES string of the molecule is COc1ccc(COC[C@H](C)C(=O)[C@H](OCc2ccccc2)[C@H](O)CCCO)cc1. The van der Waals surface area contributed by atoms with E-state index in [1.807, 2.05) is 54.6 Å². The van der Waals surface area contributed by atoms with Gasteiger partial charge >= 0.3 is 0 Å². The van der Waals surface area contributed by atoms with Crippen molar-refractivity contribution in [3.8, 4) is 5.75 Å². The molecule has 2 rings (SSSR count). The van der Waals surface area contributed by atoms with E-state index in [0.717, 1.165) is 16.9 Å². The van der Waals surface area contributed by atoms with Crippen molar-refractivity contribution in [2.24, 2.45) is 5.92 Å². The molecule has 0 aliphatic rings. The first-order valence-corrected chi connectivity index (χ1v) is 10.2. The number of ether oxygens (including phenoxy) is 3. The molecule has 0 unspecified atom stereocenters. The van der Waals surface area contributed by atoms with E-state index >= 15 is 0 Å². The van der Waals surface area contributed by atoms with Crippen LogP contribution in [0.4, 0.5) is 0 Å². The third kappa shape index (κ3) is 7.88. The van der Waals surface area contributed by atoms with E-state index < -0.39 is 18.1 Å². The maximum atomic E-state index is 13.0. The van der Waals surface area contributed by atoms with Gasteiger partial charge < -0.3 is 24.4 Å². The van der Waals surface area contributed by atoms with Crippen molar-refractivity contribution in [3.63, 3.8) is 0 Å². The number of aliphatic hydroxyl groups excluding tert-OH is 2. The topological polar surface area (TPSA) is 85.2 Å². The van der Waals surface area contributed by atoms with Crippen LogP contribution >= 0.6 is 0 Å². The Kier molecular flexibility index (Phi) is 10.5. The van der Waals surface area contributed by atoms with Gasteiger partial charge in [0.2, 0.25) is 0 Å². The van der Waals surface area contributed by atoms with Gasteiger partial charge in [0.05, 0.1) is 33.0 Å². The first kappa shape index (κ1) is 24.0. The summed E-state index contributed by atoms with van der Waals surface area (Å²) in [6.45, 7) is 2.56.